The molecule has 6 nitrogen and oxygen atoms in total. The Morgan fingerprint density at radius 1 is 0.917 bits per heavy atom. The number of sulfonamides is 1. The highest BCUT2D eigenvalue weighted by Gasteiger charge is 2.42. The number of primary sulfonamides is 1. The van der Waals surface area contributed by atoms with Crippen molar-refractivity contribution in [3.63, 3.8) is 0 Å². The van der Waals surface area contributed by atoms with Crippen molar-refractivity contribution >= 4 is 21.6 Å². The van der Waals surface area contributed by atoms with Crippen LogP contribution in [0.4, 0.5) is 36.4 Å². The molecule has 3 N–H and O–H groups in total. The van der Waals surface area contributed by atoms with E-state index in [2.05, 4.69) is 0 Å². The van der Waals surface area contributed by atoms with Gasteiger partial charge in [-0.3, -0.25) is 4.79 Å². The van der Waals surface area contributed by atoms with Crippen molar-refractivity contribution in [2.24, 2.45) is 5.14 Å². The first-order chi connectivity index (χ1) is 16.5. The molecule has 0 spiro atoms. The summed E-state index contributed by atoms with van der Waals surface area (Å²) in [4.78, 5) is 12.4. The van der Waals surface area contributed by atoms with Gasteiger partial charge in [-0.05, 0) is 48.9 Å². The number of hydrogen-bond acceptors (Lipinski definition) is 4. The number of anilines is 1. The van der Waals surface area contributed by atoms with E-state index in [0.717, 1.165) is 36.4 Å². The van der Waals surface area contributed by atoms with Gasteiger partial charge in [-0.25, -0.2) is 17.9 Å². The first-order valence-corrected chi connectivity index (χ1v) is 11.2. The Hall–Kier alpha value is -3.65. The standard InChI is InChI=1S/C22H15F7N2O4S/c1-11-5-6-13(23)9-17(11)35-18-8-12(21(24,25)26)7-16(22(27,28)29)19(18)20(32)31-14-3-2-4-15(10-14)36(30,33)34/h2-10H,1H3,(H,31,32)(H2,30,33,34). The molecule has 0 heterocycles. The van der Waals surface area contributed by atoms with Crippen LogP contribution in [0.25, 0.3) is 0 Å². The van der Waals surface area contributed by atoms with E-state index in [1.165, 1.54) is 13.0 Å². The minimum Gasteiger partial charge on any atom is -0.456 e. The Balaban J connectivity index is 2.22. The number of carbonyl (C=O) groups excluding carboxylic acids is 1. The summed E-state index contributed by atoms with van der Waals surface area (Å²) in [7, 11) is -4.25. The van der Waals surface area contributed by atoms with E-state index in [9.17, 15) is 43.9 Å². The van der Waals surface area contributed by atoms with Gasteiger partial charge in [0.25, 0.3) is 5.91 Å². The second-order valence-corrected chi connectivity index (χ2v) is 8.99. The number of hydrogen-bond donors (Lipinski definition) is 2. The Bertz CT molecular complexity index is 1440. The average Bonchev–Trinajstić information content (AvgIpc) is 2.74. The third-order valence-corrected chi connectivity index (χ3v) is 5.66. The lowest BCUT2D eigenvalue weighted by molar-refractivity contribution is -0.143. The molecule has 0 aliphatic rings. The molecule has 0 bridgehead atoms. The molecule has 0 unspecified atom stereocenters. The van der Waals surface area contributed by atoms with Crippen LogP contribution in [0, 0.1) is 12.7 Å². The Kier molecular flexibility index (Phi) is 7.06. The van der Waals surface area contributed by atoms with Crippen LogP contribution in [-0.4, -0.2) is 14.3 Å². The first kappa shape index (κ1) is 26.9. The van der Waals surface area contributed by atoms with E-state index in [1.54, 1.807) is 0 Å². The zero-order valence-corrected chi connectivity index (χ0v) is 18.8. The maximum absolute atomic E-state index is 13.8. The maximum Gasteiger partial charge on any atom is 0.417 e. The van der Waals surface area contributed by atoms with Gasteiger partial charge in [-0.2, -0.15) is 26.3 Å². The number of rotatable bonds is 5. The van der Waals surface area contributed by atoms with Crippen LogP contribution in [0.3, 0.4) is 0 Å². The molecule has 36 heavy (non-hydrogen) atoms. The third kappa shape index (κ3) is 6.12. The molecule has 0 aromatic heterocycles. The fourth-order valence-electron chi connectivity index (χ4n) is 3.06. The highest BCUT2D eigenvalue weighted by molar-refractivity contribution is 7.89. The van der Waals surface area contributed by atoms with Crippen LogP contribution < -0.4 is 15.2 Å². The van der Waals surface area contributed by atoms with Gasteiger partial charge < -0.3 is 10.1 Å². The Labute approximate surface area is 199 Å². The normalized spacial score (nSPS) is 12.4. The summed E-state index contributed by atoms with van der Waals surface area (Å²) in [6.45, 7) is 1.35. The van der Waals surface area contributed by atoms with Crippen LogP contribution >= 0.6 is 0 Å². The number of benzene rings is 3. The largest absolute Gasteiger partial charge is 0.456 e. The zero-order valence-electron chi connectivity index (χ0n) is 18.0. The van der Waals surface area contributed by atoms with Crippen molar-refractivity contribution < 1.29 is 48.7 Å². The lowest BCUT2D eigenvalue weighted by Crippen LogP contribution is -2.22. The lowest BCUT2D eigenvalue weighted by Gasteiger charge is -2.20. The van der Waals surface area contributed by atoms with Gasteiger partial charge in [0, 0.05) is 11.8 Å². The fourth-order valence-corrected chi connectivity index (χ4v) is 3.62. The van der Waals surface area contributed by atoms with Crippen LogP contribution in [0.1, 0.15) is 27.0 Å². The summed E-state index contributed by atoms with van der Waals surface area (Å²) < 4.78 is 124. The molecule has 0 aliphatic heterocycles. The van der Waals surface area contributed by atoms with E-state index < -0.39 is 67.2 Å². The van der Waals surface area contributed by atoms with Crippen LogP contribution in [0.5, 0.6) is 11.5 Å². The van der Waals surface area contributed by atoms with Gasteiger partial charge in [0.05, 0.1) is 21.6 Å². The molecule has 3 aromatic rings. The number of carbonyl (C=O) groups is 1. The van der Waals surface area contributed by atoms with Crippen molar-refractivity contribution in [2.75, 3.05) is 5.32 Å². The summed E-state index contributed by atoms with van der Waals surface area (Å²) in [6.07, 6.45) is -10.7. The molecule has 0 radical (unpaired) electrons. The van der Waals surface area contributed by atoms with Crippen LogP contribution in [0.2, 0.25) is 0 Å². The van der Waals surface area contributed by atoms with Crippen molar-refractivity contribution in [1.29, 1.82) is 0 Å². The molecule has 14 heteroatoms. The molecule has 0 saturated heterocycles. The molecule has 0 atom stereocenters. The van der Waals surface area contributed by atoms with Crippen molar-refractivity contribution in [3.05, 3.63) is 82.7 Å². The monoisotopic (exact) mass is 536 g/mol. The molecule has 1 amide bonds. The highest BCUT2D eigenvalue weighted by Crippen LogP contribution is 2.43. The van der Waals surface area contributed by atoms with E-state index in [-0.39, 0.29) is 23.4 Å². The lowest BCUT2D eigenvalue weighted by atomic mass is 10.0. The van der Waals surface area contributed by atoms with Gasteiger partial charge >= 0.3 is 12.4 Å². The molecule has 0 saturated carbocycles. The van der Waals surface area contributed by atoms with Gasteiger partial charge in [0.15, 0.2) is 0 Å². The predicted molar refractivity (Wildman–Crippen MR) is 113 cm³/mol. The second kappa shape index (κ2) is 9.43. The average molecular weight is 536 g/mol. The van der Waals surface area contributed by atoms with Crippen LogP contribution in [0.15, 0.2) is 59.5 Å². The van der Waals surface area contributed by atoms with E-state index in [1.807, 2.05) is 5.32 Å². The van der Waals surface area contributed by atoms with Crippen molar-refractivity contribution in [2.45, 2.75) is 24.2 Å². The fraction of sp³-hybridized carbons (Fsp3) is 0.136. The molecule has 3 aromatic carbocycles. The van der Waals surface area contributed by atoms with Crippen LogP contribution in [-0.2, 0) is 22.4 Å². The number of halogens is 7. The van der Waals surface area contributed by atoms with Crippen molar-refractivity contribution in [1.82, 2.24) is 0 Å². The topological polar surface area (TPSA) is 98.5 Å². The van der Waals surface area contributed by atoms with E-state index in [4.69, 9.17) is 9.88 Å². The summed E-state index contributed by atoms with van der Waals surface area (Å²) in [6, 6.07) is 6.91. The van der Waals surface area contributed by atoms with Crippen molar-refractivity contribution in [3.8, 4) is 11.5 Å². The summed E-state index contributed by atoms with van der Waals surface area (Å²) >= 11 is 0. The van der Waals surface area contributed by atoms with Gasteiger partial charge in [0.2, 0.25) is 10.0 Å². The summed E-state index contributed by atoms with van der Waals surface area (Å²) in [5.41, 5.74) is -5.28. The first-order valence-electron chi connectivity index (χ1n) is 9.67. The van der Waals surface area contributed by atoms with E-state index in [0.29, 0.717) is 0 Å². The summed E-state index contributed by atoms with van der Waals surface area (Å²) in [5.74, 6) is -4.07. The number of nitrogens with one attached hydrogen (secondary N) is 1. The molecule has 3 rings (SSSR count). The summed E-state index contributed by atoms with van der Waals surface area (Å²) in [5, 5.41) is 7.00. The molecule has 192 valence electrons. The minimum absolute atomic E-state index is 0.148. The van der Waals surface area contributed by atoms with E-state index >= 15 is 0 Å². The smallest absolute Gasteiger partial charge is 0.417 e. The third-order valence-electron chi connectivity index (χ3n) is 4.75. The second-order valence-electron chi connectivity index (χ2n) is 7.43. The number of amides is 1. The predicted octanol–water partition coefficient (Wildman–Crippen LogP) is 5.86. The minimum atomic E-state index is -5.45. The number of nitrogens with two attached hydrogens (primary N) is 1. The number of aryl methyl sites for hydroxylation is 1. The zero-order chi connectivity index (χ0) is 27.1. The van der Waals surface area contributed by atoms with Gasteiger partial charge in [-0.1, -0.05) is 12.1 Å². The highest BCUT2D eigenvalue weighted by atomic mass is 32.2. The van der Waals surface area contributed by atoms with Gasteiger partial charge in [0.1, 0.15) is 17.3 Å². The Morgan fingerprint density at radius 2 is 1.58 bits per heavy atom. The molecular formula is C22H15F7N2O4S. The molecule has 0 aliphatic carbocycles. The molecular weight excluding hydrogens is 521 g/mol. The SMILES string of the molecule is Cc1ccc(F)cc1Oc1cc(C(F)(F)F)cc(C(F)(F)F)c1C(=O)Nc1cccc(S(N)(=O)=O)c1. The number of alkyl halides is 6. The maximum atomic E-state index is 13.8. The van der Waals surface area contributed by atoms with Gasteiger partial charge in [-0.15, -0.1) is 0 Å². The molecule has 0 fully saturated rings. The Morgan fingerprint density at radius 3 is 2.17 bits per heavy atom. The number of ether oxygens (including phenoxy) is 1. The quantitative estimate of drug-likeness (QED) is 0.399.